The van der Waals surface area contributed by atoms with Crippen molar-refractivity contribution in [2.45, 2.75) is 18.9 Å². The third-order valence-electron chi connectivity index (χ3n) is 2.17. The van der Waals surface area contributed by atoms with E-state index in [0.29, 0.717) is 6.04 Å². The van der Waals surface area contributed by atoms with Gasteiger partial charge in [-0.15, -0.1) is 0 Å². The van der Waals surface area contributed by atoms with E-state index in [4.69, 9.17) is 4.74 Å². The largest absolute Gasteiger partial charge is 0.380 e. The maximum atomic E-state index is 5.31. The van der Waals surface area contributed by atoms with Gasteiger partial charge < -0.3 is 9.64 Å². The average molecular weight is 269 g/mol. The van der Waals surface area contributed by atoms with Gasteiger partial charge in [-0.2, -0.15) is 0 Å². The van der Waals surface area contributed by atoms with Gasteiger partial charge in [-0.25, -0.2) is 0 Å². The Morgan fingerprint density at radius 2 is 2.45 bits per heavy atom. The predicted octanol–water partition coefficient (Wildman–Crippen LogP) is 1.53. The van der Waals surface area contributed by atoms with Crippen LogP contribution in [0.1, 0.15) is 12.8 Å². The Kier molecular flexibility index (Phi) is 4.71. The van der Waals surface area contributed by atoms with Crippen LogP contribution in [0.2, 0.25) is 0 Å². The molecule has 0 aromatic carbocycles. The van der Waals surface area contributed by atoms with Gasteiger partial charge in [0.05, 0.1) is 6.61 Å². The van der Waals surface area contributed by atoms with Crippen LogP contribution in [0.25, 0.3) is 0 Å². The van der Waals surface area contributed by atoms with E-state index < -0.39 is 0 Å². The quantitative estimate of drug-likeness (QED) is 0.567. The molecular weight excluding hydrogens is 253 g/mol. The highest BCUT2D eigenvalue weighted by Gasteiger charge is 2.19. The lowest BCUT2D eigenvalue weighted by atomic mass is 10.2. The average Bonchev–Trinajstić information content (AvgIpc) is 2.52. The summed E-state index contributed by atoms with van der Waals surface area (Å²) in [7, 11) is 2.20. The molecule has 11 heavy (non-hydrogen) atoms. The van der Waals surface area contributed by atoms with Crippen LogP contribution in [0.3, 0.4) is 0 Å². The van der Waals surface area contributed by atoms with Crippen LogP contribution >= 0.6 is 22.6 Å². The summed E-state index contributed by atoms with van der Waals surface area (Å²) >= 11 is 2.43. The smallest absolute Gasteiger partial charge is 0.0622 e. The fourth-order valence-electron chi connectivity index (χ4n) is 1.36. The monoisotopic (exact) mass is 269 g/mol. The molecule has 1 saturated heterocycles. The molecule has 1 aliphatic heterocycles. The van der Waals surface area contributed by atoms with Crippen LogP contribution < -0.4 is 0 Å². The number of rotatable bonds is 4. The number of nitrogens with zero attached hydrogens (tertiary/aromatic N) is 1. The summed E-state index contributed by atoms with van der Waals surface area (Å²) in [5, 5.41) is 0. The minimum Gasteiger partial charge on any atom is -0.380 e. The number of ether oxygens (including phenoxy) is 1. The standard InChI is InChI=1S/C8H16INO/c1-10(5-2-4-9)8-3-6-11-7-8/h8H,2-7H2,1H3. The zero-order valence-corrected chi connectivity index (χ0v) is 9.21. The number of halogens is 1. The second kappa shape index (κ2) is 5.32. The van der Waals surface area contributed by atoms with Gasteiger partial charge in [-0.1, -0.05) is 22.6 Å². The molecule has 0 aliphatic carbocycles. The lowest BCUT2D eigenvalue weighted by Crippen LogP contribution is -2.32. The fraction of sp³-hybridized carbons (Fsp3) is 1.00. The van der Waals surface area contributed by atoms with Gasteiger partial charge in [-0.3, -0.25) is 0 Å². The summed E-state index contributed by atoms with van der Waals surface area (Å²) in [4.78, 5) is 2.42. The van der Waals surface area contributed by atoms with Crippen LogP contribution in [0.5, 0.6) is 0 Å². The molecule has 0 N–H and O–H groups in total. The van der Waals surface area contributed by atoms with Crippen molar-refractivity contribution in [2.24, 2.45) is 0 Å². The van der Waals surface area contributed by atoms with Gasteiger partial charge in [0.25, 0.3) is 0 Å². The molecule has 2 nitrogen and oxygen atoms in total. The molecule has 0 aromatic rings. The van der Waals surface area contributed by atoms with E-state index in [9.17, 15) is 0 Å². The van der Waals surface area contributed by atoms with Crippen LogP contribution in [-0.2, 0) is 4.74 Å². The summed E-state index contributed by atoms with van der Waals surface area (Å²) in [5.41, 5.74) is 0. The fourth-order valence-corrected chi connectivity index (χ4v) is 1.70. The molecule has 66 valence electrons. The van der Waals surface area contributed by atoms with Crippen molar-refractivity contribution >= 4 is 22.6 Å². The van der Waals surface area contributed by atoms with Crippen LogP contribution in [-0.4, -0.2) is 42.2 Å². The van der Waals surface area contributed by atoms with Crippen molar-refractivity contribution in [3.8, 4) is 0 Å². The maximum absolute atomic E-state index is 5.31. The molecule has 0 aromatic heterocycles. The van der Waals surface area contributed by atoms with E-state index in [1.807, 2.05) is 0 Å². The van der Waals surface area contributed by atoms with Crippen molar-refractivity contribution in [2.75, 3.05) is 31.2 Å². The highest BCUT2D eigenvalue weighted by Crippen LogP contribution is 2.10. The van der Waals surface area contributed by atoms with Crippen LogP contribution in [0.15, 0.2) is 0 Å². The molecule has 0 radical (unpaired) electrons. The molecule has 0 bridgehead atoms. The highest BCUT2D eigenvalue weighted by molar-refractivity contribution is 14.1. The normalized spacial score (nSPS) is 24.8. The lowest BCUT2D eigenvalue weighted by molar-refractivity contribution is 0.159. The van der Waals surface area contributed by atoms with Gasteiger partial charge in [0.2, 0.25) is 0 Å². The zero-order chi connectivity index (χ0) is 8.10. The topological polar surface area (TPSA) is 12.5 Å². The second-order valence-corrected chi connectivity index (χ2v) is 4.12. The maximum Gasteiger partial charge on any atom is 0.0622 e. The summed E-state index contributed by atoms with van der Waals surface area (Å²) in [6, 6.07) is 0.693. The van der Waals surface area contributed by atoms with E-state index in [-0.39, 0.29) is 0 Å². The van der Waals surface area contributed by atoms with Gasteiger partial charge in [0, 0.05) is 17.1 Å². The first-order chi connectivity index (χ1) is 5.34. The number of likely N-dealkylation sites (N-methyl/N-ethyl adjacent to an activating group) is 1. The minimum atomic E-state index is 0.693. The Balaban J connectivity index is 2.12. The molecule has 1 fully saturated rings. The van der Waals surface area contributed by atoms with E-state index in [1.54, 1.807) is 0 Å². The molecule has 0 amide bonds. The first-order valence-electron chi connectivity index (χ1n) is 4.18. The molecule has 0 spiro atoms. The van der Waals surface area contributed by atoms with Crippen molar-refractivity contribution in [3.63, 3.8) is 0 Å². The molecule has 0 saturated carbocycles. The lowest BCUT2D eigenvalue weighted by Gasteiger charge is -2.21. The van der Waals surface area contributed by atoms with Crippen molar-refractivity contribution in [1.29, 1.82) is 0 Å². The van der Waals surface area contributed by atoms with Gasteiger partial charge in [0.15, 0.2) is 0 Å². The highest BCUT2D eigenvalue weighted by atomic mass is 127. The minimum absolute atomic E-state index is 0.693. The van der Waals surface area contributed by atoms with Crippen molar-refractivity contribution < 1.29 is 4.74 Å². The number of hydrogen-bond acceptors (Lipinski definition) is 2. The Bertz CT molecular complexity index is 104. The first-order valence-corrected chi connectivity index (χ1v) is 5.71. The van der Waals surface area contributed by atoms with Crippen molar-refractivity contribution in [1.82, 2.24) is 4.90 Å². The Hall–Kier alpha value is 0.650. The van der Waals surface area contributed by atoms with Gasteiger partial charge >= 0.3 is 0 Å². The molecule has 1 unspecified atom stereocenters. The van der Waals surface area contributed by atoms with E-state index >= 15 is 0 Å². The third kappa shape index (κ3) is 3.25. The molecule has 1 rings (SSSR count). The molecule has 3 heteroatoms. The van der Waals surface area contributed by atoms with E-state index in [0.717, 1.165) is 13.2 Å². The van der Waals surface area contributed by atoms with Crippen molar-refractivity contribution in [3.05, 3.63) is 0 Å². The van der Waals surface area contributed by atoms with Gasteiger partial charge in [-0.05, 0) is 26.4 Å². The van der Waals surface area contributed by atoms with Crippen LogP contribution in [0.4, 0.5) is 0 Å². The summed E-state index contributed by atoms with van der Waals surface area (Å²) in [6.45, 7) is 3.12. The summed E-state index contributed by atoms with van der Waals surface area (Å²) < 4.78 is 6.57. The number of hydrogen-bond donors (Lipinski definition) is 0. The Labute approximate surface area is 82.4 Å². The van der Waals surface area contributed by atoms with Crippen LogP contribution in [0, 0.1) is 0 Å². The molecule has 1 heterocycles. The second-order valence-electron chi connectivity index (χ2n) is 3.04. The summed E-state index contributed by atoms with van der Waals surface area (Å²) in [5.74, 6) is 0. The number of alkyl halides is 1. The summed E-state index contributed by atoms with van der Waals surface area (Å²) in [6.07, 6.45) is 2.52. The SMILES string of the molecule is CN(CCCI)C1CCOC1. The first kappa shape index (κ1) is 9.74. The van der Waals surface area contributed by atoms with E-state index in [1.165, 1.54) is 23.8 Å². The van der Waals surface area contributed by atoms with E-state index in [2.05, 4.69) is 34.5 Å². The Morgan fingerprint density at radius 3 is 3.00 bits per heavy atom. The molecular formula is C8H16INO. The molecule has 1 aliphatic rings. The molecule has 1 atom stereocenters. The Morgan fingerprint density at radius 1 is 1.64 bits per heavy atom. The van der Waals surface area contributed by atoms with Gasteiger partial charge in [0.1, 0.15) is 0 Å². The third-order valence-corrected chi connectivity index (χ3v) is 2.94. The predicted molar refractivity (Wildman–Crippen MR) is 55.4 cm³/mol. The zero-order valence-electron chi connectivity index (χ0n) is 7.05.